The van der Waals surface area contributed by atoms with E-state index < -0.39 is 0 Å². The number of hydrogen-bond donors (Lipinski definition) is 1. The largest absolute Gasteiger partial charge is 0.354 e. The molecule has 2 aromatic carbocycles. The number of para-hydroxylation sites is 1. The minimum absolute atomic E-state index is 0.0523. The van der Waals surface area contributed by atoms with Gasteiger partial charge in [-0.05, 0) is 67.3 Å². The van der Waals surface area contributed by atoms with E-state index >= 15 is 0 Å². The van der Waals surface area contributed by atoms with Crippen LogP contribution >= 0.6 is 0 Å². The van der Waals surface area contributed by atoms with Crippen molar-refractivity contribution in [3.05, 3.63) is 72.0 Å². The second-order valence-electron chi connectivity index (χ2n) is 7.57. The highest BCUT2D eigenvalue weighted by Crippen LogP contribution is 2.25. The fourth-order valence-electron chi connectivity index (χ4n) is 3.85. The number of piperidine rings is 1. The normalized spacial score (nSPS) is 16.3. The van der Waals surface area contributed by atoms with E-state index in [-0.39, 0.29) is 17.6 Å². The molecule has 0 bridgehead atoms. The van der Waals surface area contributed by atoms with Crippen LogP contribution in [0.1, 0.15) is 25.3 Å². The van der Waals surface area contributed by atoms with Gasteiger partial charge in [0.15, 0.2) is 5.82 Å². The molecule has 5 nitrogen and oxygen atoms in total. The highest BCUT2D eigenvalue weighted by molar-refractivity contribution is 5.93. The van der Waals surface area contributed by atoms with Crippen LogP contribution in [-0.4, -0.2) is 29.2 Å². The molecule has 3 aromatic rings. The molecule has 0 spiro atoms. The lowest BCUT2D eigenvalue weighted by Crippen LogP contribution is -2.41. The number of aryl methyl sites for hydroxylation is 1. The van der Waals surface area contributed by atoms with E-state index in [2.05, 4.69) is 27.3 Å². The summed E-state index contributed by atoms with van der Waals surface area (Å²) in [4.78, 5) is 15.0. The van der Waals surface area contributed by atoms with Crippen LogP contribution < -0.4 is 10.2 Å². The lowest BCUT2D eigenvalue weighted by molar-refractivity contribution is -0.120. The molecule has 1 N–H and O–H groups in total. The number of halogens is 1. The Morgan fingerprint density at radius 2 is 1.90 bits per heavy atom. The summed E-state index contributed by atoms with van der Waals surface area (Å²) >= 11 is 0. The number of amides is 1. The molecule has 4 rings (SSSR count). The van der Waals surface area contributed by atoms with Gasteiger partial charge in [0.1, 0.15) is 5.82 Å². The monoisotopic (exact) mass is 404 g/mol. The summed E-state index contributed by atoms with van der Waals surface area (Å²) < 4.78 is 13.1. The van der Waals surface area contributed by atoms with Gasteiger partial charge in [-0.25, -0.2) is 4.39 Å². The molecule has 6 heteroatoms. The van der Waals surface area contributed by atoms with Crippen molar-refractivity contribution in [3.63, 3.8) is 0 Å². The molecule has 0 aliphatic carbocycles. The van der Waals surface area contributed by atoms with Crippen molar-refractivity contribution in [2.24, 2.45) is 5.92 Å². The number of aromatic nitrogens is 2. The van der Waals surface area contributed by atoms with Crippen LogP contribution in [0.4, 0.5) is 15.9 Å². The fourth-order valence-corrected chi connectivity index (χ4v) is 3.85. The van der Waals surface area contributed by atoms with Crippen molar-refractivity contribution in [1.82, 2.24) is 10.2 Å². The number of hydrogen-bond acceptors (Lipinski definition) is 4. The summed E-state index contributed by atoms with van der Waals surface area (Å²) in [6.07, 6.45) is 2.66. The molecule has 1 amide bonds. The van der Waals surface area contributed by atoms with Crippen LogP contribution in [0.15, 0.2) is 60.7 Å². The van der Waals surface area contributed by atoms with Crippen molar-refractivity contribution in [2.45, 2.75) is 26.2 Å². The third-order valence-corrected chi connectivity index (χ3v) is 5.56. The van der Waals surface area contributed by atoms with Crippen LogP contribution in [0, 0.1) is 11.7 Å². The molecular weight excluding hydrogens is 379 g/mol. The van der Waals surface area contributed by atoms with E-state index in [1.807, 2.05) is 36.4 Å². The second-order valence-corrected chi connectivity index (χ2v) is 7.57. The van der Waals surface area contributed by atoms with Gasteiger partial charge in [0, 0.05) is 24.3 Å². The molecule has 0 radical (unpaired) electrons. The SMILES string of the molecule is CCc1ccccc1NC(=O)C1CCCN(c2ccc(-c3ccc(F)cc3)nn2)C1. The molecule has 1 atom stereocenters. The van der Waals surface area contributed by atoms with E-state index in [4.69, 9.17) is 0 Å². The molecule has 154 valence electrons. The van der Waals surface area contributed by atoms with Gasteiger partial charge in [-0.1, -0.05) is 25.1 Å². The number of benzene rings is 2. The maximum absolute atomic E-state index is 13.1. The number of rotatable bonds is 5. The van der Waals surface area contributed by atoms with Gasteiger partial charge in [-0.15, -0.1) is 10.2 Å². The van der Waals surface area contributed by atoms with Crippen LogP contribution in [0.2, 0.25) is 0 Å². The summed E-state index contributed by atoms with van der Waals surface area (Å²) in [6, 6.07) is 17.9. The predicted molar refractivity (Wildman–Crippen MR) is 117 cm³/mol. The molecule has 0 saturated carbocycles. The van der Waals surface area contributed by atoms with Crippen molar-refractivity contribution in [3.8, 4) is 11.3 Å². The Bertz CT molecular complexity index is 1000. The van der Waals surface area contributed by atoms with E-state index in [1.165, 1.54) is 12.1 Å². The topological polar surface area (TPSA) is 58.1 Å². The first-order chi connectivity index (χ1) is 14.6. The Labute approximate surface area is 176 Å². The predicted octanol–water partition coefficient (Wildman–Crippen LogP) is 4.70. The van der Waals surface area contributed by atoms with Gasteiger partial charge < -0.3 is 10.2 Å². The molecule has 1 unspecified atom stereocenters. The summed E-state index contributed by atoms with van der Waals surface area (Å²) in [5, 5.41) is 11.8. The summed E-state index contributed by atoms with van der Waals surface area (Å²) in [6.45, 7) is 3.55. The molecule has 2 heterocycles. The molecule has 1 saturated heterocycles. The number of nitrogens with zero attached hydrogens (tertiary/aromatic N) is 3. The maximum atomic E-state index is 13.1. The first kappa shape index (κ1) is 20.0. The van der Waals surface area contributed by atoms with Crippen LogP contribution in [0.3, 0.4) is 0 Å². The first-order valence-corrected chi connectivity index (χ1v) is 10.4. The zero-order chi connectivity index (χ0) is 20.9. The molecule has 30 heavy (non-hydrogen) atoms. The molecule has 1 fully saturated rings. The van der Waals surface area contributed by atoms with E-state index in [0.29, 0.717) is 12.2 Å². The highest BCUT2D eigenvalue weighted by Gasteiger charge is 2.27. The average molecular weight is 404 g/mol. The zero-order valence-corrected chi connectivity index (χ0v) is 17.0. The number of nitrogens with one attached hydrogen (secondary N) is 1. The second kappa shape index (κ2) is 9.03. The number of carbonyl (C=O) groups excluding carboxylic acids is 1. The van der Waals surface area contributed by atoms with Crippen molar-refractivity contribution < 1.29 is 9.18 Å². The summed E-state index contributed by atoms with van der Waals surface area (Å²) in [5.74, 6) is 0.438. The van der Waals surface area contributed by atoms with Crippen LogP contribution in [-0.2, 0) is 11.2 Å². The van der Waals surface area contributed by atoms with E-state index in [9.17, 15) is 9.18 Å². The Hall–Kier alpha value is -3.28. The van der Waals surface area contributed by atoms with E-state index in [1.54, 1.807) is 12.1 Å². The van der Waals surface area contributed by atoms with Crippen molar-refractivity contribution in [2.75, 3.05) is 23.3 Å². The average Bonchev–Trinajstić information content (AvgIpc) is 2.80. The quantitative estimate of drug-likeness (QED) is 0.670. The standard InChI is InChI=1S/C24H25FN4O/c1-2-17-6-3-4-8-21(17)26-24(30)19-7-5-15-29(16-19)23-14-13-22(27-28-23)18-9-11-20(25)12-10-18/h3-4,6,8-14,19H,2,5,7,15-16H2,1H3,(H,26,30). The van der Waals surface area contributed by atoms with E-state index in [0.717, 1.165) is 48.4 Å². The van der Waals surface area contributed by atoms with Crippen LogP contribution in [0.25, 0.3) is 11.3 Å². The molecule has 1 aromatic heterocycles. The Morgan fingerprint density at radius 3 is 2.63 bits per heavy atom. The molecule has 1 aliphatic rings. The van der Waals surface area contributed by atoms with Gasteiger partial charge in [-0.2, -0.15) is 0 Å². The zero-order valence-electron chi connectivity index (χ0n) is 17.0. The third-order valence-electron chi connectivity index (χ3n) is 5.56. The van der Waals surface area contributed by atoms with Crippen LogP contribution in [0.5, 0.6) is 0 Å². The van der Waals surface area contributed by atoms with Gasteiger partial charge in [0.05, 0.1) is 11.6 Å². The smallest absolute Gasteiger partial charge is 0.229 e. The Morgan fingerprint density at radius 1 is 1.10 bits per heavy atom. The molecular formula is C24H25FN4O. The van der Waals surface area contributed by atoms with Crippen molar-refractivity contribution in [1.29, 1.82) is 0 Å². The Balaban J connectivity index is 1.43. The summed E-state index contributed by atoms with van der Waals surface area (Å²) in [7, 11) is 0. The van der Waals surface area contributed by atoms with Gasteiger partial charge in [0.25, 0.3) is 0 Å². The highest BCUT2D eigenvalue weighted by atomic mass is 19.1. The number of carbonyl (C=O) groups is 1. The van der Waals surface area contributed by atoms with Crippen molar-refractivity contribution >= 4 is 17.4 Å². The minimum atomic E-state index is -0.275. The lowest BCUT2D eigenvalue weighted by Gasteiger charge is -2.32. The maximum Gasteiger partial charge on any atom is 0.229 e. The minimum Gasteiger partial charge on any atom is -0.354 e. The van der Waals surface area contributed by atoms with Gasteiger partial charge in [0.2, 0.25) is 5.91 Å². The summed E-state index contributed by atoms with van der Waals surface area (Å²) in [5.41, 5.74) is 3.55. The lowest BCUT2D eigenvalue weighted by atomic mass is 9.96. The van der Waals surface area contributed by atoms with Gasteiger partial charge >= 0.3 is 0 Å². The number of anilines is 2. The Kier molecular flexibility index (Phi) is 6.02. The molecule has 1 aliphatic heterocycles. The first-order valence-electron chi connectivity index (χ1n) is 10.4. The fraction of sp³-hybridized carbons (Fsp3) is 0.292. The third kappa shape index (κ3) is 4.48. The van der Waals surface area contributed by atoms with Gasteiger partial charge in [-0.3, -0.25) is 4.79 Å².